The molecule has 0 saturated carbocycles. The van der Waals surface area contributed by atoms with Crippen molar-refractivity contribution in [2.24, 2.45) is 0 Å². The van der Waals surface area contributed by atoms with E-state index in [1.165, 1.54) is 24.1 Å². The summed E-state index contributed by atoms with van der Waals surface area (Å²) in [4.78, 5) is 19.2. The molecule has 50 valence electrons. The molecule has 2 aromatic rings. The van der Waals surface area contributed by atoms with E-state index in [-0.39, 0.29) is 5.56 Å². The molecule has 2 heterocycles. The normalized spacial score (nSPS) is 10.4. The second-order valence-corrected chi connectivity index (χ2v) is 2.57. The maximum atomic E-state index is 10.9. The van der Waals surface area contributed by atoms with Gasteiger partial charge in [-0.2, -0.15) is 0 Å². The van der Waals surface area contributed by atoms with Crippen molar-refractivity contribution < 1.29 is 0 Å². The van der Waals surface area contributed by atoms with Gasteiger partial charge in [0.05, 0.1) is 5.39 Å². The first-order valence-electron chi connectivity index (χ1n) is 2.65. The fraction of sp³-hybridized carbons (Fsp3) is 0. The van der Waals surface area contributed by atoms with Crippen molar-refractivity contribution in [3.8, 4) is 0 Å². The second kappa shape index (κ2) is 1.88. The van der Waals surface area contributed by atoms with Crippen LogP contribution < -0.4 is 5.56 Å². The summed E-state index contributed by atoms with van der Waals surface area (Å²) in [6, 6.07) is 0. The van der Waals surface area contributed by atoms with E-state index < -0.39 is 0 Å². The minimum absolute atomic E-state index is 0.111. The Kier molecular flexibility index (Phi) is 1.04. The Hall–Kier alpha value is -1.23. The zero-order valence-electron chi connectivity index (χ0n) is 4.87. The molecule has 0 aliphatic rings. The molecule has 0 amide bonds. The summed E-state index contributed by atoms with van der Waals surface area (Å²) >= 11 is 1.23. The van der Waals surface area contributed by atoms with E-state index in [1.54, 1.807) is 0 Å². The third-order valence-electron chi connectivity index (χ3n) is 1.16. The molecule has 10 heavy (non-hydrogen) atoms. The van der Waals surface area contributed by atoms with E-state index in [0.29, 0.717) is 10.2 Å². The number of aromatic amines is 1. The standard InChI is InChI=1S/C5H3N3OS/c9-4-3-1-6-2-7-5(3)10-8-4/h1-2H,(H,8,9). The van der Waals surface area contributed by atoms with Crippen LogP contribution >= 0.6 is 11.5 Å². The van der Waals surface area contributed by atoms with Gasteiger partial charge in [-0.15, -0.1) is 0 Å². The molecule has 0 spiro atoms. The predicted molar refractivity (Wildman–Crippen MR) is 38.0 cm³/mol. The fourth-order valence-electron chi connectivity index (χ4n) is 0.705. The molecule has 0 unspecified atom stereocenters. The molecule has 0 radical (unpaired) electrons. The highest BCUT2D eigenvalue weighted by Crippen LogP contribution is 2.06. The van der Waals surface area contributed by atoms with Crippen molar-refractivity contribution in [3.05, 3.63) is 22.9 Å². The zero-order chi connectivity index (χ0) is 6.97. The third-order valence-corrected chi connectivity index (χ3v) is 1.97. The average Bonchev–Trinajstić information content (AvgIpc) is 2.34. The number of H-pyrrole nitrogens is 1. The number of nitrogens with zero attached hydrogens (tertiary/aromatic N) is 2. The highest BCUT2D eigenvalue weighted by molar-refractivity contribution is 7.12. The van der Waals surface area contributed by atoms with E-state index in [4.69, 9.17) is 0 Å². The quantitative estimate of drug-likeness (QED) is 0.595. The molecule has 0 bridgehead atoms. The molecule has 0 aliphatic heterocycles. The van der Waals surface area contributed by atoms with Crippen LogP contribution in [-0.2, 0) is 0 Å². The lowest BCUT2D eigenvalue weighted by Gasteiger charge is -1.78. The van der Waals surface area contributed by atoms with Crippen LogP contribution in [0.4, 0.5) is 0 Å². The molecular weight excluding hydrogens is 150 g/mol. The molecule has 4 nitrogen and oxygen atoms in total. The molecule has 0 fully saturated rings. The monoisotopic (exact) mass is 153 g/mol. The first kappa shape index (κ1) is 5.55. The SMILES string of the molecule is O=c1[nH]sc2ncncc12. The minimum Gasteiger partial charge on any atom is -0.275 e. The van der Waals surface area contributed by atoms with Gasteiger partial charge in [0.25, 0.3) is 5.56 Å². The van der Waals surface area contributed by atoms with Gasteiger partial charge in [-0.25, -0.2) is 9.97 Å². The van der Waals surface area contributed by atoms with Gasteiger partial charge in [0.1, 0.15) is 11.2 Å². The zero-order valence-corrected chi connectivity index (χ0v) is 5.68. The van der Waals surface area contributed by atoms with Crippen molar-refractivity contribution in [1.82, 2.24) is 14.3 Å². The molecule has 5 heteroatoms. The second-order valence-electron chi connectivity index (χ2n) is 1.77. The van der Waals surface area contributed by atoms with Gasteiger partial charge in [-0.3, -0.25) is 9.17 Å². The number of hydrogen-bond donors (Lipinski definition) is 1. The summed E-state index contributed by atoms with van der Waals surface area (Å²) in [5.74, 6) is 0. The minimum atomic E-state index is -0.111. The molecule has 0 saturated heterocycles. The number of rotatable bonds is 0. The third kappa shape index (κ3) is 0.640. The van der Waals surface area contributed by atoms with Crippen LogP contribution in [0.25, 0.3) is 10.2 Å². The van der Waals surface area contributed by atoms with Crippen LogP contribution in [0.3, 0.4) is 0 Å². The molecule has 0 atom stereocenters. The topological polar surface area (TPSA) is 58.6 Å². The molecule has 2 aromatic heterocycles. The lowest BCUT2D eigenvalue weighted by atomic mass is 10.5. The fourth-order valence-corrected chi connectivity index (χ4v) is 1.36. The van der Waals surface area contributed by atoms with E-state index >= 15 is 0 Å². The summed E-state index contributed by atoms with van der Waals surface area (Å²) in [6.45, 7) is 0. The molecule has 2 rings (SSSR count). The van der Waals surface area contributed by atoms with E-state index in [9.17, 15) is 4.79 Å². The van der Waals surface area contributed by atoms with E-state index in [2.05, 4.69) is 14.3 Å². The Balaban J connectivity index is 3.07. The smallest absolute Gasteiger partial charge is 0.269 e. The number of aromatic nitrogens is 3. The van der Waals surface area contributed by atoms with Gasteiger partial charge < -0.3 is 0 Å². The Bertz CT molecular complexity index is 404. The van der Waals surface area contributed by atoms with Gasteiger partial charge in [0.15, 0.2) is 0 Å². The van der Waals surface area contributed by atoms with Crippen LogP contribution in [0, 0.1) is 0 Å². The summed E-state index contributed by atoms with van der Waals surface area (Å²) in [6.07, 6.45) is 2.93. The predicted octanol–water partition coefficient (Wildman–Crippen LogP) is 0.380. The maximum Gasteiger partial charge on any atom is 0.269 e. The Morgan fingerprint density at radius 2 is 2.50 bits per heavy atom. The van der Waals surface area contributed by atoms with Gasteiger partial charge in [-0.1, -0.05) is 0 Å². The first-order chi connectivity index (χ1) is 4.88. The lowest BCUT2D eigenvalue weighted by Crippen LogP contribution is -1.96. The Morgan fingerprint density at radius 1 is 1.60 bits per heavy atom. The first-order valence-corrected chi connectivity index (χ1v) is 3.47. The average molecular weight is 153 g/mol. The van der Waals surface area contributed by atoms with Gasteiger partial charge in [0.2, 0.25) is 0 Å². The summed E-state index contributed by atoms with van der Waals surface area (Å²) in [5.41, 5.74) is -0.111. The summed E-state index contributed by atoms with van der Waals surface area (Å²) in [5, 5.41) is 0.563. The van der Waals surface area contributed by atoms with E-state index in [0.717, 1.165) is 0 Å². The van der Waals surface area contributed by atoms with Gasteiger partial charge in [-0.05, 0) is 11.5 Å². The van der Waals surface area contributed by atoms with Crippen LogP contribution in [0.1, 0.15) is 0 Å². The summed E-state index contributed by atoms with van der Waals surface area (Å²) < 4.78 is 2.56. The highest BCUT2D eigenvalue weighted by Gasteiger charge is 1.98. The van der Waals surface area contributed by atoms with Gasteiger partial charge in [0, 0.05) is 6.20 Å². The number of hydrogen-bond acceptors (Lipinski definition) is 4. The Morgan fingerprint density at radius 3 is 3.30 bits per heavy atom. The van der Waals surface area contributed by atoms with Crippen molar-refractivity contribution in [2.75, 3.05) is 0 Å². The van der Waals surface area contributed by atoms with Crippen LogP contribution in [0.15, 0.2) is 17.3 Å². The number of fused-ring (bicyclic) bond motifs is 1. The lowest BCUT2D eigenvalue weighted by molar-refractivity contribution is 1.23. The summed E-state index contributed by atoms with van der Waals surface area (Å²) in [7, 11) is 0. The van der Waals surface area contributed by atoms with Crippen molar-refractivity contribution in [2.45, 2.75) is 0 Å². The molecular formula is C5H3N3OS. The molecule has 1 N–H and O–H groups in total. The Labute approximate surface area is 59.7 Å². The van der Waals surface area contributed by atoms with E-state index in [1.807, 2.05) is 0 Å². The van der Waals surface area contributed by atoms with Crippen molar-refractivity contribution >= 4 is 21.7 Å². The highest BCUT2D eigenvalue weighted by atomic mass is 32.1. The van der Waals surface area contributed by atoms with Gasteiger partial charge >= 0.3 is 0 Å². The van der Waals surface area contributed by atoms with Crippen LogP contribution in [0.2, 0.25) is 0 Å². The van der Waals surface area contributed by atoms with Crippen LogP contribution in [-0.4, -0.2) is 14.3 Å². The molecule has 0 aromatic carbocycles. The van der Waals surface area contributed by atoms with Crippen molar-refractivity contribution in [1.29, 1.82) is 0 Å². The number of nitrogens with one attached hydrogen (secondary N) is 1. The van der Waals surface area contributed by atoms with Crippen LogP contribution in [0.5, 0.6) is 0 Å². The van der Waals surface area contributed by atoms with Crippen molar-refractivity contribution in [3.63, 3.8) is 0 Å². The molecule has 0 aliphatic carbocycles. The largest absolute Gasteiger partial charge is 0.275 e. The maximum absolute atomic E-state index is 10.9.